The van der Waals surface area contributed by atoms with Crippen LogP contribution in [0.3, 0.4) is 0 Å². The number of benzene rings is 1. The summed E-state index contributed by atoms with van der Waals surface area (Å²) in [5.74, 6) is -0.144. The third kappa shape index (κ3) is 5.95. The van der Waals surface area contributed by atoms with Gasteiger partial charge in [0, 0.05) is 29.6 Å². The summed E-state index contributed by atoms with van der Waals surface area (Å²) in [6.45, 7) is 5.91. The highest BCUT2D eigenvalue weighted by atomic mass is 16.3. The first-order valence-electron chi connectivity index (χ1n) is 7.11. The van der Waals surface area contributed by atoms with Crippen LogP contribution in [0.5, 0.6) is 0 Å². The zero-order chi connectivity index (χ0) is 15.9. The van der Waals surface area contributed by atoms with E-state index in [1.54, 1.807) is 18.2 Å². The molecule has 5 heteroatoms. The first kappa shape index (κ1) is 17.2. The van der Waals surface area contributed by atoms with Crippen molar-refractivity contribution < 1.29 is 14.7 Å². The first-order chi connectivity index (χ1) is 9.84. The molecule has 116 valence electrons. The number of amides is 2. The maximum Gasteiger partial charge on any atom is 0.225 e. The van der Waals surface area contributed by atoms with Gasteiger partial charge in [-0.2, -0.15) is 0 Å². The minimum Gasteiger partial charge on any atom is -0.392 e. The minimum absolute atomic E-state index is 0.0199. The highest BCUT2D eigenvalue weighted by Crippen LogP contribution is 2.15. The fourth-order valence-electron chi connectivity index (χ4n) is 1.71. The number of nitrogens with one attached hydrogen (secondary N) is 2. The van der Waals surface area contributed by atoms with E-state index in [0.29, 0.717) is 30.6 Å². The van der Waals surface area contributed by atoms with Crippen LogP contribution in [0.2, 0.25) is 0 Å². The van der Waals surface area contributed by atoms with Crippen molar-refractivity contribution in [3.63, 3.8) is 0 Å². The maximum absolute atomic E-state index is 11.8. The Morgan fingerprint density at radius 3 is 2.48 bits per heavy atom. The van der Waals surface area contributed by atoms with E-state index < -0.39 is 5.41 Å². The zero-order valence-electron chi connectivity index (χ0n) is 12.9. The lowest BCUT2D eigenvalue weighted by atomic mass is 9.96. The van der Waals surface area contributed by atoms with E-state index in [2.05, 4.69) is 10.6 Å². The largest absolute Gasteiger partial charge is 0.392 e. The van der Waals surface area contributed by atoms with Crippen molar-refractivity contribution in [1.29, 1.82) is 0 Å². The fraction of sp³-hybridized carbons (Fsp3) is 0.500. The number of carbonyl (C=O) groups is 2. The maximum atomic E-state index is 11.8. The van der Waals surface area contributed by atoms with E-state index >= 15 is 0 Å². The van der Waals surface area contributed by atoms with E-state index in [-0.39, 0.29) is 18.4 Å². The Kier molecular flexibility index (Phi) is 6.37. The lowest BCUT2D eigenvalue weighted by Crippen LogP contribution is -2.35. The summed E-state index contributed by atoms with van der Waals surface area (Å²) in [5.41, 5.74) is 0.901. The topological polar surface area (TPSA) is 78.4 Å². The molecular formula is C16H24N2O3. The third-order valence-corrected chi connectivity index (χ3v) is 3.01. The van der Waals surface area contributed by atoms with Crippen molar-refractivity contribution >= 4 is 17.5 Å². The molecule has 0 aromatic heterocycles. The molecule has 0 saturated heterocycles. The lowest BCUT2D eigenvalue weighted by molar-refractivity contribution is -0.128. The number of para-hydroxylation sites is 1. The number of aliphatic hydroxyl groups excluding tert-OH is 1. The normalized spacial score (nSPS) is 11.0. The van der Waals surface area contributed by atoms with E-state index in [9.17, 15) is 14.7 Å². The van der Waals surface area contributed by atoms with Gasteiger partial charge in [0.25, 0.3) is 0 Å². The smallest absolute Gasteiger partial charge is 0.225 e. The van der Waals surface area contributed by atoms with Gasteiger partial charge in [0.15, 0.2) is 0 Å². The number of carbonyl (C=O) groups excluding carboxylic acids is 2. The fourth-order valence-corrected chi connectivity index (χ4v) is 1.71. The molecule has 0 atom stereocenters. The monoisotopic (exact) mass is 292 g/mol. The highest BCUT2D eigenvalue weighted by Gasteiger charge is 2.20. The summed E-state index contributed by atoms with van der Waals surface area (Å²) < 4.78 is 0. The van der Waals surface area contributed by atoms with Crippen molar-refractivity contribution in [3.8, 4) is 0 Å². The first-order valence-corrected chi connectivity index (χ1v) is 7.11. The van der Waals surface area contributed by atoms with E-state index in [1.165, 1.54) is 0 Å². The van der Waals surface area contributed by atoms with Gasteiger partial charge in [0.05, 0.1) is 6.61 Å². The van der Waals surface area contributed by atoms with Crippen molar-refractivity contribution in [2.75, 3.05) is 11.9 Å². The van der Waals surface area contributed by atoms with Crippen molar-refractivity contribution in [3.05, 3.63) is 29.8 Å². The Labute approximate surface area is 125 Å². The molecule has 0 aliphatic heterocycles. The molecule has 21 heavy (non-hydrogen) atoms. The number of rotatable bonds is 6. The van der Waals surface area contributed by atoms with Crippen LogP contribution in [0, 0.1) is 5.41 Å². The summed E-state index contributed by atoms with van der Waals surface area (Å²) in [4.78, 5) is 23.5. The predicted molar refractivity (Wildman–Crippen MR) is 82.7 cm³/mol. The Morgan fingerprint density at radius 1 is 1.19 bits per heavy atom. The number of anilines is 1. The third-order valence-electron chi connectivity index (χ3n) is 3.01. The molecule has 0 saturated carbocycles. The average molecular weight is 292 g/mol. The van der Waals surface area contributed by atoms with Crippen LogP contribution in [0.4, 0.5) is 5.69 Å². The summed E-state index contributed by atoms with van der Waals surface area (Å²) in [6.07, 6.45) is 0.902. The molecule has 0 radical (unpaired) electrons. The van der Waals surface area contributed by atoms with Crippen molar-refractivity contribution in [2.45, 2.75) is 40.2 Å². The van der Waals surface area contributed by atoms with E-state index in [0.717, 1.165) is 0 Å². The quantitative estimate of drug-likeness (QED) is 0.702. The molecule has 0 bridgehead atoms. The second-order valence-corrected chi connectivity index (χ2v) is 5.97. The molecule has 0 aliphatic carbocycles. The van der Waals surface area contributed by atoms with Crippen LogP contribution in [0.15, 0.2) is 24.3 Å². The van der Waals surface area contributed by atoms with E-state index in [4.69, 9.17) is 0 Å². The molecule has 5 nitrogen and oxygen atoms in total. The Hall–Kier alpha value is -1.88. The molecule has 0 aliphatic rings. The van der Waals surface area contributed by atoms with Crippen molar-refractivity contribution in [1.82, 2.24) is 5.32 Å². The van der Waals surface area contributed by atoms with Gasteiger partial charge in [-0.15, -0.1) is 0 Å². The molecule has 2 amide bonds. The average Bonchev–Trinajstić information content (AvgIpc) is 2.43. The van der Waals surface area contributed by atoms with Crippen LogP contribution < -0.4 is 10.6 Å². The molecule has 0 unspecified atom stereocenters. The van der Waals surface area contributed by atoms with Gasteiger partial charge in [-0.1, -0.05) is 39.0 Å². The Bertz CT molecular complexity index is 493. The van der Waals surface area contributed by atoms with Gasteiger partial charge in [-0.3, -0.25) is 9.59 Å². The summed E-state index contributed by atoms with van der Waals surface area (Å²) in [7, 11) is 0. The molecule has 1 aromatic rings. The molecule has 0 spiro atoms. The standard InChI is InChI=1S/C16H24N2O3/c1-16(2,3)15(21)17-10-6-9-14(20)18-13-8-5-4-7-12(13)11-19/h4-5,7-8,19H,6,9-11H2,1-3H3,(H,17,21)(H,18,20). The van der Waals surface area contributed by atoms with Gasteiger partial charge >= 0.3 is 0 Å². The molecule has 0 heterocycles. The van der Waals surface area contributed by atoms with Crippen LogP contribution >= 0.6 is 0 Å². The van der Waals surface area contributed by atoms with Gasteiger partial charge in [0.2, 0.25) is 11.8 Å². The van der Waals surface area contributed by atoms with Gasteiger partial charge in [-0.25, -0.2) is 0 Å². The van der Waals surface area contributed by atoms with Crippen LogP contribution in [0.25, 0.3) is 0 Å². The SMILES string of the molecule is CC(C)(C)C(=O)NCCCC(=O)Nc1ccccc1CO. The molecule has 0 fully saturated rings. The number of hydrogen-bond donors (Lipinski definition) is 3. The molecular weight excluding hydrogens is 268 g/mol. The highest BCUT2D eigenvalue weighted by molar-refractivity contribution is 5.91. The van der Waals surface area contributed by atoms with Crippen LogP contribution in [-0.4, -0.2) is 23.5 Å². The second-order valence-electron chi connectivity index (χ2n) is 5.97. The number of aliphatic hydroxyl groups is 1. The van der Waals surface area contributed by atoms with Gasteiger partial charge < -0.3 is 15.7 Å². The predicted octanol–water partition coefficient (Wildman–Crippen LogP) is 2.06. The lowest BCUT2D eigenvalue weighted by Gasteiger charge is -2.17. The van der Waals surface area contributed by atoms with E-state index in [1.807, 2.05) is 26.8 Å². The van der Waals surface area contributed by atoms with Crippen LogP contribution in [-0.2, 0) is 16.2 Å². The van der Waals surface area contributed by atoms with Gasteiger partial charge in [-0.05, 0) is 12.5 Å². The summed E-state index contributed by atoms with van der Waals surface area (Å²) in [6, 6.07) is 7.13. The van der Waals surface area contributed by atoms with Crippen LogP contribution in [0.1, 0.15) is 39.2 Å². The Morgan fingerprint density at radius 2 is 1.86 bits per heavy atom. The summed E-state index contributed by atoms with van der Waals surface area (Å²) in [5, 5.41) is 14.8. The molecule has 3 N–H and O–H groups in total. The van der Waals surface area contributed by atoms with Gasteiger partial charge in [0.1, 0.15) is 0 Å². The van der Waals surface area contributed by atoms with Crippen molar-refractivity contribution in [2.24, 2.45) is 5.41 Å². The Balaban J connectivity index is 2.34. The minimum atomic E-state index is -0.414. The second kappa shape index (κ2) is 7.78. The zero-order valence-corrected chi connectivity index (χ0v) is 12.9. The number of hydrogen-bond acceptors (Lipinski definition) is 3. The molecule has 1 rings (SSSR count). The molecule has 1 aromatic carbocycles. The summed E-state index contributed by atoms with van der Waals surface area (Å²) >= 11 is 0.